The molecule has 1 aliphatic rings. The minimum Gasteiger partial charge on any atom is -0.354 e. The molecule has 1 saturated carbocycles. The van der Waals surface area contributed by atoms with Crippen LogP contribution in [0.4, 0.5) is 4.39 Å². The third-order valence-corrected chi connectivity index (χ3v) is 5.24. The molecule has 1 aromatic carbocycles. The summed E-state index contributed by atoms with van der Waals surface area (Å²) in [5.74, 6) is 0.366. The molecule has 0 heterocycles. The van der Waals surface area contributed by atoms with E-state index >= 15 is 0 Å². The Kier molecular flexibility index (Phi) is 6.72. The second-order valence-electron chi connectivity index (χ2n) is 5.71. The Hall–Kier alpha value is -1.74. The molecule has 0 bridgehead atoms. The number of thioether (sulfide) groups is 1. The predicted molar refractivity (Wildman–Crippen MR) is 94.0 cm³/mol. The summed E-state index contributed by atoms with van der Waals surface area (Å²) in [6, 6.07) is 6.82. The van der Waals surface area contributed by atoms with Crippen molar-refractivity contribution in [2.45, 2.75) is 43.5 Å². The van der Waals surface area contributed by atoms with Crippen LogP contribution in [0.1, 0.15) is 36.8 Å². The van der Waals surface area contributed by atoms with Crippen molar-refractivity contribution in [2.75, 3.05) is 13.3 Å². The van der Waals surface area contributed by atoms with Crippen LogP contribution in [0.15, 0.2) is 23.2 Å². The molecular formula is C17H23FN4S. The van der Waals surface area contributed by atoms with Gasteiger partial charge < -0.3 is 10.6 Å². The number of rotatable bonds is 4. The smallest absolute Gasteiger partial charge is 0.191 e. The lowest BCUT2D eigenvalue weighted by molar-refractivity contribution is 0.419. The van der Waals surface area contributed by atoms with Crippen LogP contribution < -0.4 is 10.6 Å². The molecule has 0 spiro atoms. The van der Waals surface area contributed by atoms with Crippen LogP contribution in [0, 0.1) is 17.1 Å². The summed E-state index contributed by atoms with van der Waals surface area (Å²) >= 11 is 1.92. The topological polar surface area (TPSA) is 60.2 Å². The average molecular weight is 334 g/mol. The fourth-order valence-corrected chi connectivity index (χ4v) is 3.66. The zero-order valence-corrected chi connectivity index (χ0v) is 14.4. The molecule has 23 heavy (non-hydrogen) atoms. The van der Waals surface area contributed by atoms with E-state index < -0.39 is 0 Å². The van der Waals surface area contributed by atoms with E-state index in [4.69, 9.17) is 5.26 Å². The van der Waals surface area contributed by atoms with E-state index in [9.17, 15) is 4.39 Å². The molecule has 2 rings (SSSR count). The van der Waals surface area contributed by atoms with Gasteiger partial charge in [-0.3, -0.25) is 4.99 Å². The van der Waals surface area contributed by atoms with Gasteiger partial charge in [0, 0.05) is 30.4 Å². The maximum absolute atomic E-state index is 13.8. The molecule has 0 radical (unpaired) electrons. The predicted octanol–water partition coefficient (Wildman–Crippen LogP) is 3.04. The molecule has 1 fully saturated rings. The van der Waals surface area contributed by atoms with Crippen molar-refractivity contribution in [1.82, 2.24) is 10.6 Å². The first-order valence-corrected chi connectivity index (χ1v) is 9.13. The lowest BCUT2D eigenvalue weighted by Crippen LogP contribution is -2.45. The lowest BCUT2D eigenvalue weighted by Gasteiger charge is -2.29. The molecular weight excluding hydrogens is 311 g/mol. The van der Waals surface area contributed by atoms with Gasteiger partial charge in [-0.05, 0) is 43.7 Å². The van der Waals surface area contributed by atoms with E-state index in [1.807, 2.05) is 17.8 Å². The van der Waals surface area contributed by atoms with Gasteiger partial charge in [0.2, 0.25) is 0 Å². The van der Waals surface area contributed by atoms with Crippen molar-refractivity contribution in [3.05, 3.63) is 35.1 Å². The minimum atomic E-state index is -0.313. The first-order chi connectivity index (χ1) is 11.2. The lowest BCUT2D eigenvalue weighted by atomic mass is 9.95. The van der Waals surface area contributed by atoms with Crippen molar-refractivity contribution < 1.29 is 4.39 Å². The first kappa shape index (κ1) is 17.6. The third-order valence-electron chi connectivity index (χ3n) is 4.14. The monoisotopic (exact) mass is 334 g/mol. The fourth-order valence-electron chi connectivity index (χ4n) is 2.84. The molecule has 2 unspecified atom stereocenters. The largest absolute Gasteiger partial charge is 0.354 e. The van der Waals surface area contributed by atoms with E-state index in [-0.39, 0.29) is 5.82 Å². The number of nitrogens with zero attached hydrogens (tertiary/aromatic N) is 2. The summed E-state index contributed by atoms with van der Waals surface area (Å²) in [6.07, 6.45) is 6.91. The molecule has 1 aliphatic carbocycles. The summed E-state index contributed by atoms with van der Waals surface area (Å²) in [4.78, 5) is 4.22. The summed E-state index contributed by atoms with van der Waals surface area (Å²) < 4.78 is 13.8. The van der Waals surface area contributed by atoms with Crippen LogP contribution in [-0.2, 0) is 6.54 Å². The molecule has 2 atom stereocenters. The van der Waals surface area contributed by atoms with Gasteiger partial charge in [0.1, 0.15) is 5.82 Å². The highest BCUT2D eigenvalue weighted by molar-refractivity contribution is 7.99. The van der Waals surface area contributed by atoms with E-state index in [1.165, 1.54) is 25.0 Å². The molecule has 6 heteroatoms. The Morgan fingerprint density at radius 3 is 3.00 bits per heavy atom. The van der Waals surface area contributed by atoms with Gasteiger partial charge in [-0.25, -0.2) is 4.39 Å². The molecule has 0 aromatic heterocycles. The van der Waals surface area contributed by atoms with Crippen LogP contribution in [0.3, 0.4) is 0 Å². The number of nitriles is 1. The van der Waals surface area contributed by atoms with Gasteiger partial charge in [-0.15, -0.1) is 0 Å². The highest BCUT2D eigenvalue weighted by atomic mass is 32.2. The number of halogens is 1. The molecule has 0 aliphatic heterocycles. The minimum absolute atomic E-state index is 0.305. The second-order valence-corrected chi connectivity index (χ2v) is 6.85. The number of hydrogen-bond acceptors (Lipinski definition) is 3. The fraction of sp³-hybridized carbons (Fsp3) is 0.529. The molecule has 124 valence electrons. The van der Waals surface area contributed by atoms with E-state index in [1.54, 1.807) is 13.1 Å². The van der Waals surface area contributed by atoms with Gasteiger partial charge in [0.15, 0.2) is 5.96 Å². The average Bonchev–Trinajstić information content (AvgIpc) is 2.59. The van der Waals surface area contributed by atoms with Crippen molar-refractivity contribution in [3.63, 3.8) is 0 Å². The van der Waals surface area contributed by atoms with Gasteiger partial charge in [0.25, 0.3) is 0 Å². The standard InChI is InChI=1S/C17H23FN4S/c1-20-17(22-14-4-3-5-15(9-14)23-2)21-11-13-8-12(10-19)6-7-16(13)18/h6-8,14-15H,3-5,9,11H2,1-2H3,(H2,20,21,22). The number of aliphatic imine (C=N–C) groups is 1. The first-order valence-electron chi connectivity index (χ1n) is 7.84. The third kappa shape index (κ3) is 5.14. The van der Waals surface area contributed by atoms with Crippen LogP contribution in [0.2, 0.25) is 0 Å². The van der Waals surface area contributed by atoms with Crippen molar-refractivity contribution in [1.29, 1.82) is 5.26 Å². The number of nitrogens with one attached hydrogen (secondary N) is 2. The molecule has 4 nitrogen and oxygen atoms in total. The molecule has 0 saturated heterocycles. The van der Waals surface area contributed by atoms with Crippen LogP contribution in [0.5, 0.6) is 0 Å². The van der Waals surface area contributed by atoms with Crippen LogP contribution in [-0.4, -0.2) is 30.6 Å². The maximum atomic E-state index is 13.8. The maximum Gasteiger partial charge on any atom is 0.191 e. The molecule has 0 amide bonds. The highest BCUT2D eigenvalue weighted by Crippen LogP contribution is 2.26. The van der Waals surface area contributed by atoms with Crippen LogP contribution in [0.25, 0.3) is 0 Å². The highest BCUT2D eigenvalue weighted by Gasteiger charge is 2.21. The summed E-state index contributed by atoms with van der Waals surface area (Å²) in [7, 11) is 1.71. The normalized spacial score (nSPS) is 21.6. The van der Waals surface area contributed by atoms with Gasteiger partial charge in [0.05, 0.1) is 11.6 Å². The number of benzene rings is 1. The second kappa shape index (κ2) is 8.78. The summed E-state index contributed by atoms with van der Waals surface area (Å²) in [6.45, 7) is 0.305. The Morgan fingerprint density at radius 1 is 1.48 bits per heavy atom. The van der Waals surface area contributed by atoms with E-state index in [0.717, 1.165) is 12.8 Å². The van der Waals surface area contributed by atoms with Gasteiger partial charge >= 0.3 is 0 Å². The summed E-state index contributed by atoms with van der Waals surface area (Å²) in [5, 5.41) is 16.2. The quantitative estimate of drug-likeness (QED) is 0.656. The molecule has 1 aromatic rings. The van der Waals surface area contributed by atoms with E-state index in [0.29, 0.717) is 34.9 Å². The van der Waals surface area contributed by atoms with Crippen LogP contribution >= 0.6 is 11.8 Å². The Balaban J connectivity index is 1.92. The zero-order valence-electron chi connectivity index (χ0n) is 13.6. The Bertz CT molecular complexity index is 597. The SMILES string of the molecule is CN=C(NCc1cc(C#N)ccc1F)NC1CCCC(SC)C1. The van der Waals surface area contributed by atoms with Crippen molar-refractivity contribution in [2.24, 2.45) is 4.99 Å². The van der Waals surface area contributed by atoms with E-state index in [2.05, 4.69) is 21.9 Å². The zero-order chi connectivity index (χ0) is 16.7. The number of guanidine groups is 1. The Morgan fingerprint density at radius 2 is 2.30 bits per heavy atom. The molecule has 2 N–H and O–H groups in total. The van der Waals surface area contributed by atoms with Gasteiger partial charge in [-0.1, -0.05) is 6.42 Å². The van der Waals surface area contributed by atoms with Gasteiger partial charge in [-0.2, -0.15) is 17.0 Å². The number of hydrogen-bond donors (Lipinski definition) is 2. The Labute approximate surface area is 141 Å². The van der Waals surface area contributed by atoms with Crippen molar-refractivity contribution in [3.8, 4) is 6.07 Å². The van der Waals surface area contributed by atoms with Crippen molar-refractivity contribution >= 4 is 17.7 Å². The summed E-state index contributed by atoms with van der Waals surface area (Å²) in [5.41, 5.74) is 0.930.